The van der Waals surface area contributed by atoms with Crippen molar-refractivity contribution in [3.63, 3.8) is 0 Å². The van der Waals surface area contributed by atoms with E-state index in [1.807, 2.05) is 0 Å². The van der Waals surface area contributed by atoms with Crippen LogP contribution in [0.2, 0.25) is 0 Å². The quantitative estimate of drug-likeness (QED) is 0.926. The minimum absolute atomic E-state index is 0.000540. The second-order valence-electron chi connectivity index (χ2n) is 5.76. The molecule has 22 heavy (non-hydrogen) atoms. The highest BCUT2D eigenvalue weighted by Gasteiger charge is 2.38. The highest BCUT2D eigenvalue weighted by atomic mass is 19.1. The number of carbonyl (C=O) groups is 2. The van der Waals surface area contributed by atoms with Gasteiger partial charge in [0.2, 0.25) is 11.8 Å². The second-order valence-corrected chi connectivity index (χ2v) is 5.76. The zero-order valence-electron chi connectivity index (χ0n) is 12.3. The number of anilines is 1. The molecule has 2 heterocycles. The van der Waals surface area contributed by atoms with Crippen molar-refractivity contribution in [2.24, 2.45) is 5.92 Å². The number of nitrogens with one attached hydrogen (secondary N) is 1. The number of likely N-dealkylation sites (tertiary alicyclic amines) is 1. The molecule has 0 aromatic heterocycles. The van der Waals surface area contributed by atoms with Crippen LogP contribution in [-0.2, 0) is 14.3 Å². The zero-order valence-corrected chi connectivity index (χ0v) is 12.3. The third-order valence-corrected chi connectivity index (χ3v) is 4.29. The largest absolute Gasteiger partial charge is 0.381 e. The minimum Gasteiger partial charge on any atom is -0.381 e. The number of hydrogen-bond donors (Lipinski definition) is 1. The lowest BCUT2D eigenvalue weighted by Crippen LogP contribution is -2.41. The highest BCUT2D eigenvalue weighted by molar-refractivity contribution is 5.97. The van der Waals surface area contributed by atoms with E-state index in [-0.39, 0.29) is 30.0 Å². The van der Waals surface area contributed by atoms with Gasteiger partial charge in [-0.3, -0.25) is 9.59 Å². The van der Waals surface area contributed by atoms with Crippen LogP contribution < -0.4 is 5.32 Å². The lowest BCUT2D eigenvalue weighted by Gasteiger charge is -2.31. The molecule has 5 nitrogen and oxygen atoms in total. The number of carbonyl (C=O) groups excluding carboxylic acids is 2. The van der Waals surface area contributed by atoms with E-state index in [9.17, 15) is 14.0 Å². The molecule has 0 bridgehead atoms. The Kier molecular flexibility index (Phi) is 4.38. The summed E-state index contributed by atoms with van der Waals surface area (Å²) in [6, 6.07) is 6.20. The normalized spacial score (nSPS) is 22.9. The molecule has 1 aromatic carbocycles. The van der Waals surface area contributed by atoms with E-state index in [2.05, 4.69) is 5.32 Å². The van der Waals surface area contributed by atoms with Gasteiger partial charge < -0.3 is 15.0 Å². The fraction of sp³-hybridized carbons (Fsp3) is 0.500. The average molecular weight is 306 g/mol. The van der Waals surface area contributed by atoms with Crippen molar-refractivity contribution in [3.05, 3.63) is 30.1 Å². The summed E-state index contributed by atoms with van der Waals surface area (Å²) in [7, 11) is 0. The standard InChI is InChI=1S/C16H19FN2O3/c17-13-3-1-2-4-14(13)18-16(21)11-9-15(20)19(10-11)12-5-7-22-8-6-12/h1-4,11-12H,5-10H2,(H,18,21). The molecule has 6 heteroatoms. The van der Waals surface area contributed by atoms with Crippen LogP contribution in [0.5, 0.6) is 0 Å². The van der Waals surface area contributed by atoms with Crippen LogP contribution in [0.4, 0.5) is 10.1 Å². The Balaban J connectivity index is 1.62. The molecule has 2 saturated heterocycles. The topological polar surface area (TPSA) is 58.6 Å². The van der Waals surface area contributed by atoms with Crippen molar-refractivity contribution in [3.8, 4) is 0 Å². The fourth-order valence-corrected chi connectivity index (χ4v) is 3.05. The van der Waals surface area contributed by atoms with Gasteiger partial charge in [0.15, 0.2) is 0 Å². The molecule has 0 aliphatic carbocycles. The van der Waals surface area contributed by atoms with Gasteiger partial charge in [0.25, 0.3) is 0 Å². The third kappa shape index (κ3) is 3.11. The predicted octanol–water partition coefficient (Wildman–Crippen LogP) is 1.79. The summed E-state index contributed by atoms with van der Waals surface area (Å²) in [5, 5.41) is 2.58. The molecule has 3 rings (SSSR count). The van der Waals surface area contributed by atoms with Gasteiger partial charge in [-0.2, -0.15) is 0 Å². The number of hydrogen-bond acceptors (Lipinski definition) is 3. The molecular formula is C16H19FN2O3. The molecule has 0 spiro atoms. The lowest BCUT2D eigenvalue weighted by atomic mass is 10.1. The van der Waals surface area contributed by atoms with Crippen molar-refractivity contribution < 1.29 is 18.7 Å². The first-order chi connectivity index (χ1) is 10.6. The van der Waals surface area contributed by atoms with E-state index in [1.54, 1.807) is 17.0 Å². The van der Waals surface area contributed by atoms with Crippen molar-refractivity contribution in [2.75, 3.05) is 25.1 Å². The average Bonchev–Trinajstić information content (AvgIpc) is 2.92. The van der Waals surface area contributed by atoms with E-state index >= 15 is 0 Å². The van der Waals surface area contributed by atoms with Gasteiger partial charge in [0.1, 0.15) is 5.82 Å². The Bertz CT molecular complexity index is 572. The van der Waals surface area contributed by atoms with Gasteiger partial charge in [0, 0.05) is 32.2 Å². The fourth-order valence-electron chi connectivity index (χ4n) is 3.05. The number of ether oxygens (including phenoxy) is 1. The molecule has 1 unspecified atom stereocenters. The summed E-state index contributed by atoms with van der Waals surface area (Å²) in [6.07, 6.45) is 1.82. The summed E-state index contributed by atoms with van der Waals surface area (Å²) >= 11 is 0. The molecule has 1 N–H and O–H groups in total. The van der Waals surface area contributed by atoms with Crippen LogP contribution in [0.25, 0.3) is 0 Å². The summed E-state index contributed by atoms with van der Waals surface area (Å²) in [5.41, 5.74) is 0.157. The second kappa shape index (κ2) is 6.44. The summed E-state index contributed by atoms with van der Waals surface area (Å²) in [6.45, 7) is 1.71. The number of para-hydroxylation sites is 1. The van der Waals surface area contributed by atoms with Gasteiger partial charge in [0.05, 0.1) is 11.6 Å². The SMILES string of the molecule is O=C(Nc1ccccc1F)C1CC(=O)N(C2CCOCC2)C1. The summed E-state index contributed by atoms with van der Waals surface area (Å²) in [5.74, 6) is -1.19. The predicted molar refractivity (Wildman–Crippen MR) is 78.7 cm³/mol. The molecular weight excluding hydrogens is 287 g/mol. The molecule has 0 radical (unpaired) electrons. The van der Waals surface area contributed by atoms with E-state index in [1.165, 1.54) is 12.1 Å². The first kappa shape index (κ1) is 15.0. The minimum atomic E-state index is -0.471. The van der Waals surface area contributed by atoms with Gasteiger partial charge in [-0.05, 0) is 25.0 Å². The maximum Gasteiger partial charge on any atom is 0.229 e. The Morgan fingerprint density at radius 3 is 2.73 bits per heavy atom. The Morgan fingerprint density at radius 2 is 2.00 bits per heavy atom. The molecule has 2 amide bonds. The molecule has 2 fully saturated rings. The monoisotopic (exact) mass is 306 g/mol. The Hall–Kier alpha value is -1.95. The van der Waals surface area contributed by atoms with E-state index in [0.717, 1.165) is 12.8 Å². The first-order valence-electron chi connectivity index (χ1n) is 7.58. The van der Waals surface area contributed by atoms with Crippen LogP contribution >= 0.6 is 0 Å². The van der Waals surface area contributed by atoms with Gasteiger partial charge >= 0.3 is 0 Å². The first-order valence-corrected chi connectivity index (χ1v) is 7.58. The highest BCUT2D eigenvalue weighted by Crippen LogP contribution is 2.26. The van der Waals surface area contributed by atoms with Crippen LogP contribution in [0, 0.1) is 11.7 Å². The molecule has 2 aliphatic heterocycles. The number of nitrogens with zero attached hydrogens (tertiary/aromatic N) is 1. The summed E-state index contributed by atoms with van der Waals surface area (Å²) < 4.78 is 18.9. The maximum atomic E-state index is 13.6. The van der Waals surface area contributed by atoms with Crippen molar-refractivity contribution in [1.29, 1.82) is 0 Å². The molecule has 2 aliphatic rings. The smallest absolute Gasteiger partial charge is 0.229 e. The van der Waals surface area contributed by atoms with Crippen LogP contribution in [0.1, 0.15) is 19.3 Å². The molecule has 0 saturated carbocycles. The van der Waals surface area contributed by atoms with Crippen LogP contribution in [0.3, 0.4) is 0 Å². The zero-order chi connectivity index (χ0) is 15.5. The van der Waals surface area contributed by atoms with E-state index in [0.29, 0.717) is 19.8 Å². The van der Waals surface area contributed by atoms with Crippen molar-refractivity contribution >= 4 is 17.5 Å². The van der Waals surface area contributed by atoms with Crippen molar-refractivity contribution in [1.82, 2.24) is 4.90 Å². The molecule has 118 valence electrons. The number of rotatable bonds is 3. The van der Waals surface area contributed by atoms with Crippen molar-refractivity contribution in [2.45, 2.75) is 25.3 Å². The Labute approximate surface area is 128 Å². The van der Waals surface area contributed by atoms with Gasteiger partial charge in [-0.25, -0.2) is 4.39 Å². The summed E-state index contributed by atoms with van der Waals surface area (Å²) in [4.78, 5) is 26.2. The van der Waals surface area contributed by atoms with E-state index in [4.69, 9.17) is 4.74 Å². The third-order valence-electron chi connectivity index (χ3n) is 4.29. The Morgan fingerprint density at radius 1 is 1.27 bits per heavy atom. The van der Waals surface area contributed by atoms with Crippen LogP contribution in [-0.4, -0.2) is 42.5 Å². The van der Waals surface area contributed by atoms with E-state index < -0.39 is 11.7 Å². The number of halogens is 1. The van der Waals surface area contributed by atoms with Gasteiger partial charge in [-0.1, -0.05) is 12.1 Å². The van der Waals surface area contributed by atoms with Gasteiger partial charge in [-0.15, -0.1) is 0 Å². The van der Waals surface area contributed by atoms with Crippen LogP contribution in [0.15, 0.2) is 24.3 Å². The molecule has 1 atom stereocenters. The number of benzene rings is 1. The lowest BCUT2D eigenvalue weighted by molar-refractivity contribution is -0.131. The number of amides is 2. The molecule has 1 aromatic rings. The maximum absolute atomic E-state index is 13.6.